The van der Waals surface area contributed by atoms with Crippen molar-refractivity contribution in [3.8, 4) is 0 Å². The fourth-order valence-corrected chi connectivity index (χ4v) is 2.21. The fourth-order valence-electron chi connectivity index (χ4n) is 1.85. The summed E-state index contributed by atoms with van der Waals surface area (Å²) < 4.78 is 1.10. The van der Waals surface area contributed by atoms with Gasteiger partial charge in [-0.05, 0) is 35.0 Å². The Hall–Kier alpha value is -1.41. The van der Waals surface area contributed by atoms with E-state index in [2.05, 4.69) is 57.3 Å². The van der Waals surface area contributed by atoms with E-state index in [0.29, 0.717) is 0 Å². The van der Waals surface area contributed by atoms with E-state index in [1.807, 2.05) is 12.3 Å². The average Bonchev–Trinajstić information content (AvgIpc) is 2.29. The van der Waals surface area contributed by atoms with E-state index in [0.717, 1.165) is 9.99 Å². The second kappa shape index (κ2) is 3.31. The topological polar surface area (TPSA) is 12.9 Å². The van der Waals surface area contributed by atoms with Gasteiger partial charge in [0.05, 0.1) is 5.52 Å². The van der Waals surface area contributed by atoms with Gasteiger partial charge in [-0.25, -0.2) is 0 Å². The van der Waals surface area contributed by atoms with Crippen molar-refractivity contribution in [3.63, 3.8) is 0 Å². The molecule has 2 heteroatoms. The van der Waals surface area contributed by atoms with Crippen LogP contribution < -0.4 is 0 Å². The highest BCUT2D eigenvalue weighted by atomic mass is 79.9. The minimum Gasteiger partial charge on any atom is -0.256 e. The highest BCUT2D eigenvalue weighted by Gasteiger charge is 2.00. The van der Waals surface area contributed by atoms with Gasteiger partial charge < -0.3 is 0 Å². The maximum absolute atomic E-state index is 4.35. The Balaban J connectivity index is 2.57. The maximum Gasteiger partial charge on any atom is 0.0708 e. The van der Waals surface area contributed by atoms with Crippen LogP contribution in [0.2, 0.25) is 0 Å². The van der Waals surface area contributed by atoms with Gasteiger partial charge >= 0.3 is 0 Å². The molecule has 3 aromatic rings. The van der Waals surface area contributed by atoms with Crippen molar-refractivity contribution in [2.75, 3.05) is 0 Å². The molecule has 0 unspecified atom stereocenters. The van der Waals surface area contributed by atoms with Gasteiger partial charge in [-0.15, -0.1) is 0 Å². The lowest BCUT2D eigenvalue weighted by atomic mass is 10.1. The first-order valence-corrected chi connectivity index (χ1v) is 5.57. The summed E-state index contributed by atoms with van der Waals surface area (Å²) in [6.07, 6.45) is 1.83. The van der Waals surface area contributed by atoms with Crippen molar-refractivity contribution in [1.82, 2.24) is 4.98 Å². The zero-order valence-corrected chi connectivity index (χ0v) is 9.53. The molecule has 1 heterocycles. The summed E-state index contributed by atoms with van der Waals surface area (Å²) >= 11 is 3.50. The largest absolute Gasteiger partial charge is 0.256 e. The van der Waals surface area contributed by atoms with Crippen molar-refractivity contribution in [2.24, 2.45) is 0 Å². The summed E-state index contributed by atoms with van der Waals surface area (Å²) in [6, 6.07) is 14.6. The summed E-state index contributed by atoms with van der Waals surface area (Å²) in [5.74, 6) is 0. The molecule has 0 aliphatic heterocycles. The first-order chi connectivity index (χ1) is 7.34. The smallest absolute Gasteiger partial charge is 0.0708 e. The minimum absolute atomic E-state index is 1.04. The minimum atomic E-state index is 1.04. The first-order valence-electron chi connectivity index (χ1n) is 4.77. The average molecular weight is 258 g/mol. The van der Waals surface area contributed by atoms with Crippen molar-refractivity contribution < 1.29 is 0 Å². The monoisotopic (exact) mass is 257 g/mol. The quantitative estimate of drug-likeness (QED) is 0.552. The molecule has 0 fully saturated rings. The van der Waals surface area contributed by atoms with Crippen LogP contribution >= 0.6 is 15.9 Å². The zero-order valence-electron chi connectivity index (χ0n) is 7.94. The van der Waals surface area contributed by atoms with Crippen LogP contribution in [0.5, 0.6) is 0 Å². The van der Waals surface area contributed by atoms with Gasteiger partial charge in [0.15, 0.2) is 0 Å². The van der Waals surface area contributed by atoms with Crippen molar-refractivity contribution in [1.29, 1.82) is 0 Å². The molecular formula is C13H8BrN. The van der Waals surface area contributed by atoms with Crippen LogP contribution in [-0.2, 0) is 0 Å². The van der Waals surface area contributed by atoms with E-state index in [-0.39, 0.29) is 0 Å². The molecule has 0 bridgehead atoms. The molecule has 0 saturated heterocycles. The van der Waals surface area contributed by atoms with E-state index in [1.54, 1.807) is 0 Å². The molecule has 0 radical (unpaired) electrons. The Morgan fingerprint density at radius 3 is 2.73 bits per heavy atom. The van der Waals surface area contributed by atoms with Crippen LogP contribution in [0.25, 0.3) is 21.7 Å². The molecule has 0 spiro atoms. The maximum atomic E-state index is 4.35. The molecule has 0 aliphatic rings. The van der Waals surface area contributed by atoms with Crippen LogP contribution in [-0.4, -0.2) is 4.98 Å². The van der Waals surface area contributed by atoms with Crippen LogP contribution in [0, 0.1) is 0 Å². The van der Waals surface area contributed by atoms with Gasteiger partial charge in [-0.2, -0.15) is 0 Å². The standard InChI is InChI=1S/C13H8BrN/c14-10-5-3-9-4-6-13-11(12(9)8-10)2-1-7-15-13/h1-8H. The third kappa shape index (κ3) is 1.41. The molecule has 0 atom stereocenters. The number of aromatic nitrogens is 1. The van der Waals surface area contributed by atoms with E-state index >= 15 is 0 Å². The molecule has 0 aliphatic carbocycles. The third-order valence-electron chi connectivity index (χ3n) is 2.56. The Morgan fingerprint density at radius 1 is 0.933 bits per heavy atom. The van der Waals surface area contributed by atoms with Crippen molar-refractivity contribution in [3.05, 3.63) is 53.1 Å². The Labute approximate surface area is 95.9 Å². The van der Waals surface area contributed by atoms with E-state index < -0.39 is 0 Å². The second-order valence-corrected chi connectivity index (χ2v) is 4.42. The SMILES string of the molecule is Brc1ccc2ccc3ncccc3c2c1. The van der Waals surface area contributed by atoms with Crippen molar-refractivity contribution >= 4 is 37.6 Å². The summed E-state index contributed by atoms with van der Waals surface area (Å²) in [5, 5.41) is 3.70. The molecule has 72 valence electrons. The van der Waals surface area contributed by atoms with Crippen LogP contribution in [0.15, 0.2) is 53.1 Å². The molecule has 0 amide bonds. The molecule has 0 saturated carbocycles. The predicted molar refractivity (Wildman–Crippen MR) is 66.9 cm³/mol. The van der Waals surface area contributed by atoms with Crippen molar-refractivity contribution in [2.45, 2.75) is 0 Å². The van der Waals surface area contributed by atoms with Gasteiger partial charge in [-0.3, -0.25) is 4.98 Å². The molecule has 0 N–H and O–H groups in total. The highest BCUT2D eigenvalue weighted by molar-refractivity contribution is 9.10. The molecule has 2 aromatic carbocycles. The Bertz CT molecular complexity index is 646. The van der Waals surface area contributed by atoms with Gasteiger partial charge in [0.2, 0.25) is 0 Å². The molecule has 1 aromatic heterocycles. The highest BCUT2D eigenvalue weighted by Crippen LogP contribution is 2.26. The predicted octanol–water partition coefficient (Wildman–Crippen LogP) is 4.15. The summed E-state index contributed by atoms with van der Waals surface area (Å²) in [7, 11) is 0. The third-order valence-corrected chi connectivity index (χ3v) is 3.06. The normalized spacial score (nSPS) is 11.0. The number of pyridine rings is 1. The lowest BCUT2D eigenvalue weighted by molar-refractivity contribution is 1.42. The lowest BCUT2D eigenvalue weighted by Gasteiger charge is -2.03. The Morgan fingerprint density at radius 2 is 1.80 bits per heavy atom. The van der Waals surface area contributed by atoms with E-state index in [1.165, 1.54) is 16.2 Å². The summed E-state index contributed by atoms with van der Waals surface area (Å²) in [6.45, 7) is 0. The van der Waals surface area contributed by atoms with Crippen LogP contribution in [0.1, 0.15) is 0 Å². The van der Waals surface area contributed by atoms with Gasteiger partial charge in [0, 0.05) is 16.1 Å². The molecule has 15 heavy (non-hydrogen) atoms. The number of benzene rings is 2. The molecular weight excluding hydrogens is 250 g/mol. The van der Waals surface area contributed by atoms with E-state index in [4.69, 9.17) is 0 Å². The number of fused-ring (bicyclic) bond motifs is 3. The number of hydrogen-bond acceptors (Lipinski definition) is 1. The number of hydrogen-bond donors (Lipinski definition) is 0. The number of halogens is 1. The number of nitrogens with zero attached hydrogens (tertiary/aromatic N) is 1. The van der Waals surface area contributed by atoms with Crippen LogP contribution in [0.3, 0.4) is 0 Å². The first kappa shape index (κ1) is 8.86. The van der Waals surface area contributed by atoms with E-state index in [9.17, 15) is 0 Å². The second-order valence-electron chi connectivity index (χ2n) is 3.50. The summed E-state index contributed by atoms with van der Waals surface area (Å²) in [4.78, 5) is 4.35. The summed E-state index contributed by atoms with van der Waals surface area (Å²) in [5.41, 5.74) is 1.04. The van der Waals surface area contributed by atoms with Gasteiger partial charge in [-0.1, -0.05) is 34.1 Å². The zero-order chi connectivity index (χ0) is 10.3. The van der Waals surface area contributed by atoms with Gasteiger partial charge in [0.25, 0.3) is 0 Å². The number of rotatable bonds is 0. The van der Waals surface area contributed by atoms with Gasteiger partial charge in [0.1, 0.15) is 0 Å². The molecule has 3 rings (SSSR count). The van der Waals surface area contributed by atoms with Crippen LogP contribution in [0.4, 0.5) is 0 Å². The fraction of sp³-hybridized carbons (Fsp3) is 0. The Kier molecular flexibility index (Phi) is 1.96. The molecule has 1 nitrogen and oxygen atoms in total. The lowest BCUT2D eigenvalue weighted by Crippen LogP contribution is -1.80.